The van der Waals surface area contributed by atoms with Crippen LogP contribution in [0.1, 0.15) is 39.5 Å². The molecule has 0 bridgehead atoms. The van der Waals surface area contributed by atoms with Crippen LogP contribution in [-0.4, -0.2) is 12.1 Å². The average Bonchev–Trinajstić information content (AvgIpc) is 2.41. The van der Waals surface area contributed by atoms with E-state index in [0.717, 1.165) is 30.6 Å². The van der Waals surface area contributed by atoms with Gasteiger partial charge in [-0.1, -0.05) is 6.92 Å². The first kappa shape index (κ1) is 9.04. The van der Waals surface area contributed by atoms with Crippen LogP contribution in [0.2, 0.25) is 0 Å². The lowest BCUT2D eigenvalue weighted by Gasteiger charge is -2.12. The van der Waals surface area contributed by atoms with Crippen LogP contribution in [0.15, 0.2) is 0 Å². The Balaban J connectivity index is 1.86. The summed E-state index contributed by atoms with van der Waals surface area (Å²) in [4.78, 5) is 10.8. The second kappa shape index (κ2) is 3.32. The van der Waals surface area contributed by atoms with Crippen LogP contribution in [0.25, 0.3) is 0 Å². The van der Waals surface area contributed by atoms with Crippen molar-refractivity contribution in [3.63, 3.8) is 0 Å². The van der Waals surface area contributed by atoms with Gasteiger partial charge >= 0.3 is 5.97 Å². The highest BCUT2D eigenvalue weighted by Crippen LogP contribution is 2.47. The fourth-order valence-electron chi connectivity index (χ4n) is 3.19. The van der Waals surface area contributed by atoms with Crippen molar-refractivity contribution >= 4 is 5.97 Å². The Labute approximate surface area is 79.7 Å². The van der Waals surface area contributed by atoms with Crippen molar-refractivity contribution in [3.05, 3.63) is 0 Å². The minimum absolute atomic E-state index is 0.113. The third-order valence-electron chi connectivity index (χ3n) is 3.54. The third kappa shape index (κ3) is 1.87. The highest BCUT2D eigenvalue weighted by Gasteiger charge is 2.41. The summed E-state index contributed by atoms with van der Waals surface area (Å²) in [6, 6.07) is 0. The molecule has 0 radical (unpaired) electrons. The Morgan fingerprint density at radius 3 is 2.15 bits per heavy atom. The van der Waals surface area contributed by atoms with Crippen molar-refractivity contribution < 1.29 is 9.53 Å². The van der Waals surface area contributed by atoms with Gasteiger partial charge in [0, 0.05) is 6.92 Å². The third-order valence-corrected chi connectivity index (χ3v) is 3.54. The van der Waals surface area contributed by atoms with Gasteiger partial charge < -0.3 is 4.74 Å². The number of ether oxygens (including phenoxy) is 1. The van der Waals surface area contributed by atoms with Gasteiger partial charge in [-0.2, -0.15) is 0 Å². The smallest absolute Gasteiger partial charge is 0.302 e. The molecule has 0 amide bonds. The molecule has 2 aliphatic rings. The first-order valence-corrected chi connectivity index (χ1v) is 5.32. The summed E-state index contributed by atoms with van der Waals surface area (Å²) in [5.41, 5.74) is 0. The van der Waals surface area contributed by atoms with Crippen LogP contribution in [0.4, 0.5) is 0 Å². The second-order valence-electron chi connectivity index (χ2n) is 4.80. The van der Waals surface area contributed by atoms with E-state index < -0.39 is 0 Å². The normalized spacial score (nSPS) is 43.2. The molecule has 0 N–H and O–H groups in total. The highest BCUT2D eigenvalue weighted by atomic mass is 16.5. The maximum Gasteiger partial charge on any atom is 0.302 e. The van der Waals surface area contributed by atoms with Gasteiger partial charge in [0.2, 0.25) is 0 Å². The van der Waals surface area contributed by atoms with E-state index in [1.807, 2.05) is 0 Å². The van der Waals surface area contributed by atoms with Gasteiger partial charge in [-0.3, -0.25) is 4.79 Å². The molecule has 2 aliphatic carbocycles. The molecule has 0 aliphatic heterocycles. The summed E-state index contributed by atoms with van der Waals surface area (Å²) in [6.07, 6.45) is 5.17. The highest BCUT2D eigenvalue weighted by molar-refractivity contribution is 5.66. The van der Waals surface area contributed by atoms with Crippen molar-refractivity contribution in [2.75, 3.05) is 0 Å². The van der Waals surface area contributed by atoms with Gasteiger partial charge in [-0.05, 0) is 43.4 Å². The lowest BCUT2D eigenvalue weighted by Crippen LogP contribution is -2.13. The fourth-order valence-corrected chi connectivity index (χ4v) is 3.19. The van der Waals surface area contributed by atoms with Gasteiger partial charge in [-0.25, -0.2) is 0 Å². The van der Waals surface area contributed by atoms with Gasteiger partial charge in [0.25, 0.3) is 0 Å². The van der Waals surface area contributed by atoms with Crippen molar-refractivity contribution in [2.45, 2.75) is 45.6 Å². The summed E-state index contributed by atoms with van der Waals surface area (Å²) in [6.45, 7) is 3.84. The van der Waals surface area contributed by atoms with E-state index in [1.54, 1.807) is 0 Å². The molecule has 2 rings (SSSR count). The Bertz CT molecular complexity index is 198. The average molecular weight is 182 g/mol. The van der Waals surface area contributed by atoms with E-state index >= 15 is 0 Å². The second-order valence-corrected chi connectivity index (χ2v) is 4.80. The van der Waals surface area contributed by atoms with Crippen molar-refractivity contribution in [1.29, 1.82) is 0 Å². The Morgan fingerprint density at radius 1 is 1.15 bits per heavy atom. The Kier molecular flexibility index (Phi) is 2.31. The Morgan fingerprint density at radius 2 is 1.69 bits per heavy atom. The van der Waals surface area contributed by atoms with Crippen molar-refractivity contribution in [2.24, 2.45) is 17.8 Å². The molecule has 2 saturated carbocycles. The standard InChI is InChI=1S/C11H18O2/c1-7-3-9-5-11(13-8(2)12)6-10(9)4-7/h7,9-11H,3-6H2,1-2H3/t7-,9?,10?,11+. The predicted molar refractivity (Wildman–Crippen MR) is 50.2 cm³/mol. The number of fused-ring (bicyclic) bond motifs is 1. The maximum atomic E-state index is 10.8. The molecule has 2 fully saturated rings. The summed E-state index contributed by atoms with van der Waals surface area (Å²) in [7, 11) is 0. The number of esters is 1. The number of rotatable bonds is 1. The first-order valence-electron chi connectivity index (χ1n) is 5.32. The molecule has 0 spiro atoms. The molecule has 0 aromatic rings. The zero-order chi connectivity index (χ0) is 9.42. The monoisotopic (exact) mass is 182 g/mol. The van der Waals surface area contributed by atoms with Gasteiger partial charge in [0.05, 0.1) is 0 Å². The van der Waals surface area contributed by atoms with E-state index in [9.17, 15) is 4.79 Å². The molecule has 0 aromatic heterocycles. The lowest BCUT2D eigenvalue weighted by atomic mass is 10.0. The zero-order valence-electron chi connectivity index (χ0n) is 8.45. The molecule has 2 atom stereocenters. The van der Waals surface area contributed by atoms with E-state index in [0.29, 0.717) is 0 Å². The molecule has 2 unspecified atom stereocenters. The van der Waals surface area contributed by atoms with Gasteiger partial charge in [-0.15, -0.1) is 0 Å². The van der Waals surface area contributed by atoms with Crippen LogP contribution in [0.3, 0.4) is 0 Å². The van der Waals surface area contributed by atoms with Gasteiger partial charge in [0.15, 0.2) is 0 Å². The molecule has 2 nitrogen and oxygen atoms in total. The lowest BCUT2D eigenvalue weighted by molar-refractivity contribution is -0.146. The molecule has 74 valence electrons. The molecular weight excluding hydrogens is 164 g/mol. The fraction of sp³-hybridized carbons (Fsp3) is 0.909. The van der Waals surface area contributed by atoms with Crippen molar-refractivity contribution in [1.82, 2.24) is 0 Å². The summed E-state index contributed by atoms with van der Waals surface area (Å²) < 4.78 is 5.24. The van der Waals surface area contributed by atoms with Crippen LogP contribution in [-0.2, 0) is 9.53 Å². The zero-order valence-corrected chi connectivity index (χ0v) is 8.45. The number of carbonyl (C=O) groups is 1. The summed E-state index contributed by atoms with van der Waals surface area (Å²) >= 11 is 0. The largest absolute Gasteiger partial charge is 0.463 e. The van der Waals surface area contributed by atoms with Crippen molar-refractivity contribution in [3.8, 4) is 0 Å². The number of hydrogen-bond acceptors (Lipinski definition) is 2. The Hall–Kier alpha value is -0.530. The van der Waals surface area contributed by atoms with Crippen LogP contribution >= 0.6 is 0 Å². The topological polar surface area (TPSA) is 26.3 Å². The van der Waals surface area contributed by atoms with E-state index in [4.69, 9.17) is 4.74 Å². The SMILES string of the molecule is CC(=O)O[C@H]1CC2C[C@@H](C)CC2C1. The maximum absolute atomic E-state index is 10.8. The molecule has 0 saturated heterocycles. The minimum atomic E-state index is -0.113. The van der Waals surface area contributed by atoms with E-state index in [-0.39, 0.29) is 12.1 Å². The van der Waals surface area contributed by atoms with Gasteiger partial charge in [0.1, 0.15) is 6.10 Å². The van der Waals surface area contributed by atoms with E-state index in [1.165, 1.54) is 19.8 Å². The molecule has 0 aromatic carbocycles. The van der Waals surface area contributed by atoms with Crippen LogP contribution in [0, 0.1) is 17.8 Å². The molecular formula is C11H18O2. The number of carbonyl (C=O) groups excluding carboxylic acids is 1. The molecule has 13 heavy (non-hydrogen) atoms. The van der Waals surface area contributed by atoms with Crippen LogP contribution < -0.4 is 0 Å². The molecule has 0 heterocycles. The summed E-state index contributed by atoms with van der Waals surface area (Å²) in [5, 5.41) is 0. The first-order chi connectivity index (χ1) is 6.15. The van der Waals surface area contributed by atoms with E-state index in [2.05, 4.69) is 6.92 Å². The predicted octanol–water partition coefficient (Wildman–Crippen LogP) is 2.37. The number of hydrogen-bond donors (Lipinski definition) is 0. The van der Waals surface area contributed by atoms with Crippen LogP contribution in [0.5, 0.6) is 0 Å². The minimum Gasteiger partial charge on any atom is -0.463 e. The molecule has 2 heteroatoms. The summed E-state index contributed by atoms with van der Waals surface area (Å²) in [5.74, 6) is 2.48. The quantitative estimate of drug-likeness (QED) is 0.582.